The summed E-state index contributed by atoms with van der Waals surface area (Å²) in [5, 5.41) is 11.3. The van der Waals surface area contributed by atoms with Gasteiger partial charge in [0, 0.05) is 11.6 Å². The predicted octanol–water partition coefficient (Wildman–Crippen LogP) is 3.88. The third kappa shape index (κ3) is 3.74. The summed E-state index contributed by atoms with van der Waals surface area (Å²) in [7, 11) is 1.45. The highest BCUT2D eigenvalue weighted by atomic mass is 35.5. The molecule has 110 valence electrons. The first-order chi connectivity index (χ1) is 10.0. The van der Waals surface area contributed by atoms with E-state index in [1.165, 1.54) is 25.3 Å². The van der Waals surface area contributed by atoms with Gasteiger partial charge in [-0.3, -0.25) is 10.1 Å². The molecule has 2 aromatic rings. The van der Waals surface area contributed by atoms with Crippen LogP contribution in [0, 0.1) is 10.1 Å². The zero-order valence-electron chi connectivity index (χ0n) is 10.9. The summed E-state index contributed by atoms with van der Waals surface area (Å²) in [6.07, 6.45) is 0. The molecule has 1 aromatic heterocycles. The molecule has 2 rings (SSSR count). The molecule has 0 radical (unpaired) electrons. The third-order valence-electron chi connectivity index (χ3n) is 2.63. The molecule has 8 heteroatoms. The number of halogens is 2. The molecule has 21 heavy (non-hydrogen) atoms. The van der Waals surface area contributed by atoms with Gasteiger partial charge in [0.1, 0.15) is 16.9 Å². The highest BCUT2D eigenvalue weighted by Gasteiger charge is 2.13. The van der Waals surface area contributed by atoms with Crippen LogP contribution in [-0.2, 0) is 6.61 Å². The topological polar surface area (TPSA) is 74.5 Å². The molecular weight excluding hydrogens is 319 g/mol. The van der Waals surface area contributed by atoms with Crippen molar-refractivity contribution >= 4 is 28.9 Å². The van der Waals surface area contributed by atoms with Gasteiger partial charge in [0.2, 0.25) is 0 Å². The Labute approximate surface area is 130 Å². The zero-order chi connectivity index (χ0) is 15.4. The van der Waals surface area contributed by atoms with E-state index < -0.39 is 4.92 Å². The van der Waals surface area contributed by atoms with Crippen molar-refractivity contribution in [1.82, 2.24) is 4.98 Å². The second-order valence-electron chi connectivity index (χ2n) is 3.96. The monoisotopic (exact) mass is 328 g/mol. The summed E-state index contributed by atoms with van der Waals surface area (Å²) in [5.74, 6) is 0.636. The van der Waals surface area contributed by atoms with Crippen molar-refractivity contribution in [2.75, 3.05) is 7.11 Å². The molecule has 0 atom stereocenters. The van der Waals surface area contributed by atoms with Crippen LogP contribution in [0.15, 0.2) is 30.3 Å². The SMILES string of the molecule is COc1ccc([N+](=O)[O-])cc1OCc1ccc(Cl)nc1Cl. The van der Waals surface area contributed by atoms with Crippen molar-refractivity contribution in [3.63, 3.8) is 0 Å². The predicted molar refractivity (Wildman–Crippen MR) is 78.2 cm³/mol. The minimum Gasteiger partial charge on any atom is -0.493 e. The number of methoxy groups -OCH3 is 1. The standard InChI is InChI=1S/C13H10Cl2N2O4/c1-20-10-4-3-9(17(18)19)6-11(10)21-7-8-2-5-12(14)16-13(8)15/h2-6H,7H2,1H3. The maximum Gasteiger partial charge on any atom is 0.273 e. The minimum absolute atomic E-state index is 0.0839. The Morgan fingerprint density at radius 1 is 1.24 bits per heavy atom. The highest BCUT2D eigenvalue weighted by molar-refractivity contribution is 6.32. The van der Waals surface area contributed by atoms with E-state index in [-0.39, 0.29) is 28.3 Å². The molecule has 0 saturated heterocycles. The summed E-state index contributed by atoms with van der Waals surface area (Å²) in [4.78, 5) is 14.2. The van der Waals surface area contributed by atoms with Crippen LogP contribution in [0.4, 0.5) is 5.69 Å². The zero-order valence-corrected chi connectivity index (χ0v) is 12.4. The molecule has 0 unspecified atom stereocenters. The van der Waals surface area contributed by atoms with Crippen molar-refractivity contribution in [3.05, 3.63) is 56.3 Å². The first-order valence-electron chi connectivity index (χ1n) is 5.77. The summed E-state index contributed by atoms with van der Waals surface area (Å²) in [5.41, 5.74) is 0.515. The number of ether oxygens (including phenoxy) is 2. The summed E-state index contributed by atoms with van der Waals surface area (Å²) in [6.45, 7) is 0.0839. The van der Waals surface area contributed by atoms with Crippen molar-refractivity contribution in [2.24, 2.45) is 0 Å². The number of benzene rings is 1. The van der Waals surface area contributed by atoms with Gasteiger partial charge in [-0.1, -0.05) is 23.2 Å². The van der Waals surface area contributed by atoms with Crippen LogP contribution in [0.1, 0.15) is 5.56 Å². The molecule has 1 aromatic carbocycles. The van der Waals surface area contributed by atoms with E-state index >= 15 is 0 Å². The number of non-ortho nitro benzene ring substituents is 1. The van der Waals surface area contributed by atoms with E-state index in [0.29, 0.717) is 11.3 Å². The van der Waals surface area contributed by atoms with Crippen LogP contribution in [-0.4, -0.2) is 17.0 Å². The summed E-state index contributed by atoms with van der Waals surface area (Å²) < 4.78 is 10.6. The quantitative estimate of drug-likeness (QED) is 0.473. The Morgan fingerprint density at radius 2 is 2.00 bits per heavy atom. The normalized spacial score (nSPS) is 10.2. The Bertz CT molecular complexity index is 679. The first-order valence-corrected chi connectivity index (χ1v) is 6.53. The maximum atomic E-state index is 10.8. The van der Waals surface area contributed by atoms with E-state index in [4.69, 9.17) is 32.7 Å². The fourth-order valence-corrected chi connectivity index (χ4v) is 2.00. The molecule has 0 saturated carbocycles. The summed E-state index contributed by atoms with van der Waals surface area (Å²) >= 11 is 11.6. The van der Waals surface area contributed by atoms with Gasteiger partial charge in [0.15, 0.2) is 11.5 Å². The third-order valence-corrected chi connectivity index (χ3v) is 3.17. The Morgan fingerprint density at radius 3 is 2.62 bits per heavy atom. The molecule has 1 heterocycles. The molecule has 0 aliphatic heterocycles. The number of nitrogens with zero attached hydrogens (tertiary/aromatic N) is 2. The van der Waals surface area contributed by atoms with Crippen molar-refractivity contribution in [1.29, 1.82) is 0 Å². The molecule has 0 spiro atoms. The Balaban J connectivity index is 2.22. The van der Waals surface area contributed by atoms with E-state index in [1.807, 2.05) is 0 Å². The first kappa shape index (κ1) is 15.3. The molecule has 6 nitrogen and oxygen atoms in total. The molecule has 0 fully saturated rings. The van der Waals surface area contributed by atoms with Gasteiger partial charge in [0.05, 0.1) is 18.1 Å². The van der Waals surface area contributed by atoms with Gasteiger partial charge < -0.3 is 9.47 Å². The van der Waals surface area contributed by atoms with Gasteiger partial charge in [0.25, 0.3) is 5.69 Å². The van der Waals surface area contributed by atoms with Crippen molar-refractivity contribution in [2.45, 2.75) is 6.61 Å². The van der Waals surface area contributed by atoms with Gasteiger partial charge in [-0.05, 0) is 18.2 Å². The Kier molecular flexibility index (Phi) is 4.82. The maximum absolute atomic E-state index is 10.8. The fourth-order valence-electron chi connectivity index (χ4n) is 1.60. The smallest absolute Gasteiger partial charge is 0.273 e. The van der Waals surface area contributed by atoms with E-state index in [9.17, 15) is 10.1 Å². The number of hydrogen-bond acceptors (Lipinski definition) is 5. The van der Waals surface area contributed by atoms with E-state index in [1.54, 1.807) is 12.1 Å². The molecular formula is C13H10Cl2N2O4. The average molecular weight is 329 g/mol. The van der Waals surface area contributed by atoms with Crippen LogP contribution in [0.25, 0.3) is 0 Å². The lowest BCUT2D eigenvalue weighted by Crippen LogP contribution is -2.00. The number of nitro benzene ring substituents is 1. The lowest BCUT2D eigenvalue weighted by molar-refractivity contribution is -0.385. The Hall–Kier alpha value is -2.05. The van der Waals surface area contributed by atoms with Crippen molar-refractivity contribution < 1.29 is 14.4 Å². The van der Waals surface area contributed by atoms with E-state index in [2.05, 4.69) is 4.98 Å². The second-order valence-corrected chi connectivity index (χ2v) is 4.71. The van der Waals surface area contributed by atoms with Crippen LogP contribution < -0.4 is 9.47 Å². The number of aromatic nitrogens is 1. The molecule has 0 amide bonds. The highest BCUT2D eigenvalue weighted by Crippen LogP contribution is 2.32. The number of rotatable bonds is 5. The number of hydrogen-bond donors (Lipinski definition) is 0. The molecule has 0 N–H and O–H groups in total. The van der Waals surface area contributed by atoms with Crippen LogP contribution in [0.5, 0.6) is 11.5 Å². The van der Waals surface area contributed by atoms with Crippen LogP contribution in [0.3, 0.4) is 0 Å². The van der Waals surface area contributed by atoms with Gasteiger partial charge in [-0.15, -0.1) is 0 Å². The van der Waals surface area contributed by atoms with E-state index in [0.717, 1.165) is 0 Å². The lowest BCUT2D eigenvalue weighted by Gasteiger charge is -2.11. The fraction of sp³-hybridized carbons (Fsp3) is 0.154. The van der Waals surface area contributed by atoms with Gasteiger partial charge >= 0.3 is 0 Å². The molecule has 0 bridgehead atoms. The lowest BCUT2D eigenvalue weighted by atomic mass is 10.2. The number of pyridine rings is 1. The van der Waals surface area contributed by atoms with Gasteiger partial charge in [-0.2, -0.15) is 0 Å². The molecule has 0 aliphatic rings. The molecule has 0 aliphatic carbocycles. The second kappa shape index (κ2) is 6.60. The minimum atomic E-state index is -0.511. The number of nitro groups is 1. The largest absolute Gasteiger partial charge is 0.493 e. The van der Waals surface area contributed by atoms with Crippen molar-refractivity contribution in [3.8, 4) is 11.5 Å². The average Bonchev–Trinajstić information content (AvgIpc) is 2.46. The van der Waals surface area contributed by atoms with Gasteiger partial charge in [-0.25, -0.2) is 4.98 Å². The van der Waals surface area contributed by atoms with Crippen LogP contribution >= 0.6 is 23.2 Å². The summed E-state index contributed by atoms with van der Waals surface area (Å²) in [6, 6.07) is 7.34. The van der Waals surface area contributed by atoms with Crippen LogP contribution in [0.2, 0.25) is 10.3 Å².